The minimum Gasteiger partial charge on any atom is -0.372 e. The van der Waals surface area contributed by atoms with Gasteiger partial charge in [0.05, 0.1) is 12.7 Å². The molecule has 0 bridgehead atoms. The molecule has 2 nitrogen and oxygen atoms in total. The van der Waals surface area contributed by atoms with Crippen LogP contribution in [0.4, 0.5) is 4.39 Å². The van der Waals surface area contributed by atoms with Crippen LogP contribution in [0.3, 0.4) is 0 Å². The second-order valence-electron chi connectivity index (χ2n) is 4.59. The summed E-state index contributed by atoms with van der Waals surface area (Å²) in [4.78, 5) is 0. The summed E-state index contributed by atoms with van der Waals surface area (Å²) < 4.78 is 19.0. The van der Waals surface area contributed by atoms with Crippen molar-refractivity contribution in [2.45, 2.75) is 31.4 Å². The molecule has 2 atom stereocenters. The molecule has 2 aliphatic rings. The fourth-order valence-electron chi connectivity index (χ4n) is 2.76. The third kappa shape index (κ3) is 1.74. The van der Waals surface area contributed by atoms with Gasteiger partial charge in [-0.25, -0.2) is 4.39 Å². The summed E-state index contributed by atoms with van der Waals surface area (Å²) >= 11 is 0. The SMILES string of the molecule is Fc1ccc2c(c1)CCO[C@H]2[C@H]1CCCN1. The number of rotatable bonds is 1. The first-order valence-corrected chi connectivity index (χ1v) is 5.98. The summed E-state index contributed by atoms with van der Waals surface area (Å²) in [7, 11) is 0. The molecule has 0 saturated carbocycles. The molecule has 0 unspecified atom stereocenters. The Bertz CT molecular complexity index is 388. The molecular formula is C13H16FNO. The molecule has 0 amide bonds. The van der Waals surface area contributed by atoms with Crippen LogP contribution in [0.25, 0.3) is 0 Å². The molecule has 2 aliphatic heterocycles. The van der Waals surface area contributed by atoms with Crippen molar-refractivity contribution < 1.29 is 9.13 Å². The number of fused-ring (bicyclic) bond motifs is 1. The highest BCUT2D eigenvalue weighted by Gasteiger charge is 2.30. The molecule has 3 heteroatoms. The second-order valence-corrected chi connectivity index (χ2v) is 4.59. The van der Waals surface area contributed by atoms with Gasteiger partial charge in [-0.2, -0.15) is 0 Å². The third-order valence-corrected chi connectivity index (χ3v) is 3.54. The van der Waals surface area contributed by atoms with Crippen LogP contribution in [0.5, 0.6) is 0 Å². The summed E-state index contributed by atoms with van der Waals surface area (Å²) in [6.07, 6.45) is 3.31. The molecule has 0 aliphatic carbocycles. The largest absolute Gasteiger partial charge is 0.372 e. The molecule has 1 aromatic carbocycles. The van der Waals surface area contributed by atoms with Gasteiger partial charge >= 0.3 is 0 Å². The predicted molar refractivity (Wildman–Crippen MR) is 59.8 cm³/mol. The predicted octanol–water partition coefficient (Wildman–Crippen LogP) is 2.19. The lowest BCUT2D eigenvalue weighted by Crippen LogP contribution is -2.33. The lowest BCUT2D eigenvalue weighted by atomic mass is 9.92. The average Bonchev–Trinajstić information content (AvgIpc) is 2.81. The molecule has 1 saturated heterocycles. The van der Waals surface area contributed by atoms with Gasteiger partial charge in [0.25, 0.3) is 0 Å². The van der Waals surface area contributed by atoms with Gasteiger partial charge in [-0.3, -0.25) is 0 Å². The Kier molecular flexibility index (Phi) is 2.65. The molecule has 2 heterocycles. The van der Waals surface area contributed by atoms with Crippen molar-refractivity contribution in [2.24, 2.45) is 0 Å². The molecule has 1 N–H and O–H groups in total. The van der Waals surface area contributed by atoms with Crippen LogP contribution >= 0.6 is 0 Å². The third-order valence-electron chi connectivity index (χ3n) is 3.54. The summed E-state index contributed by atoms with van der Waals surface area (Å²) in [5.41, 5.74) is 2.29. The van der Waals surface area contributed by atoms with E-state index in [1.807, 2.05) is 6.07 Å². The lowest BCUT2D eigenvalue weighted by Gasteiger charge is -2.30. The Morgan fingerprint density at radius 2 is 2.31 bits per heavy atom. The van der Waals surface area contributed by atoms with Crippen LogP contribution in [0.1, 0.15) is 30.1 Å². The molecular weight excluding hydrogens is 205 g/mol. The number of halogens is 1. The van der Waals surface area contributed by atoms with E-state index in [1.165, 1.54) is 18.1 Å². The second kappa shape index (κ2) is 4.15. The summed E-state index contributed by atoms with van der Waals surface area (Å²) in [5, 5.41) is 3.46. The van der Waals surface area contributed by atoms with E-state index in [4.69, 9.17) is 4.74 Å². The van der Waals surface area contributed by atoms with E-state index in [9.17, 15) is 4.39 Å². The van der Waals surface area contributed by atoms with E-state index in [0.717, 1.165) is 24.9 Å². The van der Waals surface area contributed by atoms with Gasteiger partial charge in [0.1, 0.15) is 5.82 Å². The fraction of sp³-hybridized carbons (Fsp3) is 0.538. The summed E-state index contributed by atoms with van der Waals surface area (Å²) in [6.45, 7) is 1.78. The Balaban J connectivity index is 1.93. The lowest BCUT2D eigenvalue weighted by molar-refractivity contribution is 0.0198. The van der Waals surface area contributed by atoms with Gasteiger partial charge in [0.2, 0.25) is 0 Å². The van der Waals surface area contributed by atoms with Gasteiger partial charge in [0, 0.05) is 6.04 Å². The molecule has 1 fully saturated rings. The van der Waals surface area contributed by atoms with E-state index in [1.54, 1.807) is 6.07 Å². The Morgan fingerprint density at radius 1 is 1.38 bits per heavy atom. The van der Waals surface area contributed by atoms with Crippen LogP contribution in [0, 0.1) is 5.82 Å². The van der Waals surface area contributed by atoms with Crippen LogP contribution < -0.4 is 5.32 Å². The van der Waals surface area contributed by atoms with E-state index in [-0.39, 0.29) is 11.9 Å². The minimum atomic E-state index is -0.140. The number of nitrogens with one attached hydrogen (secondary N) is 1. The van der Waals surface area contributed by atoms with E-state index < -0.39 is 0 Å². The number of hydrogen-bond acceptors (Lipinski definition) is 2. The van der Waals surface area contributed by atoms with Crippen molar-refractivity contribution >= 4 is 0 Å². The molecule has 16 heavy (non-hydrogen) atoms. The van der Waals surface area contributed by atoms with Crippen LogP contribution in [0.15, 0.2) is 18.2 Å². The van der Waals surface area contributed by atoms with Crippen LogP contribution in [-0.4, -0.2) is 19.2 Å². The standard InChI is InChI=1S/C13H16FNO/c14-10-3-4-11-9(8-10)5-7-16-13(11)12-2-1-6-15-12/h3-4,8,12-13,15H,1-2,5-7H2/t12-,13-/m1/s1. The zero-order valence-corrected chi connectivity index (χ0v) is 9.21. The van der Waals surface area contributed by atoms with Crippen LogP contribution in [-0.2, 0) is 11.2 Å². The van der Waals surface area contributed by atoms with Crippen molar-refractivity contribution in [2.75, 3.05) is 13.2 Å². The molecule has 1 aromatic rings. The van der Waals surface area contributed by atoms with E-state index in [0.29, 0.717) is 12.6 Å². The Labute approximate surface area is 94.8 Å². The van der Waals surface area contributed by atoms with Gasteiger partial charge in [-0.1, -0.05) is 6.07 Å². The monoisotopic (exact) mass is 221 g/mol. The van der Waals surface area contributed by atoms with Crippen molar-refractivity contribution in [1.29, 1.82) is 0 Å². The van der Waals surface area contributed by atoms with E-state index >= 15 is 0 Å². The maximum absolute atomic E-state index is 13.1. The number of benzene rings is 1. The maximum Gasteiger partial charge on any atom is 0.123 e. The quantitative estimate of drug-likeness (QED) is 0.785. The first kappa shape index (κ1) is 10.2. The van der Waals surface area contributed by atoms with Crippen LogP contribution in [0.2, 0.25) is 0 Å². The van der Waals surface area contributed by atoms with Crippen molar-refractivity contribution in [1.82, 2.24) is 5.32 Å². The summed E-state index contributed by atoms with van der Waals surface area (Å²) in [5.74, 6) is -0.140. The fourth-order valence-corrected chi connectivity index (χ4v) is 2.76. The molecule has 3 rings (SSSR count). The Hall–Kier alpha value is -0.930. The van der Waals surface area contributed by atoms with Gasteiger partial charge in [-0.15, -0.1) is 0 Å². The van der Waals surface area contributed by atoms with Gasteiger partial charge in [0.15, 0.2) is 0 Å². The zero-order valence-electron chi connectivity index (χ0n) is 9.21. The molecule has 0 radical (unpaired) electrons. The van der Waals surface area contributed by atoms with Gasteiger partial charge in [-0.05, 0) is 49.1 Å². The van der Waals surface area contributed by atoms with Crippen molar-refractivity contribution in [3.05, 3.63) is 35.1 Å². The molecule has 0 spiro atoms. The first-order chi connectivity index (χ1) is 7.84. The Morgan fingerprint density at radius 3 is 3.12 bits per heavy atom. The van der Waals surface area contributed by atoms with Crippen molar-refractivity contribution in [3.63, 3.8) is 0 Å². The maximum atomic E-state index is 13.1. The topological polar surface area (TPSA) is 21.3 Å². The summed E-state index contributed by atoms with van der Waals surface area (Å²) in [6, 6.07) is 5.48. The smallest absolute Gasteiger partial charge is 0.123 e. The zero-order chi connectivity index (χ0) is 11.0. The van der Waals surface area contributed by atoms with Crippen molar-refractivity contribution in [3.8, 4) is 0 Å². The average molecular weight is 221 g/mol. The number of ether oxygens (including phenoxy) is 1. The highest BCUT2D eigenvalue weighted by atomic mass is 19.1. The highest BCUT2D eigenvalue weighted by molar-refractivity contribution is 5.32. The molecule has 86 valence electrons. The minimum absolute atomic E-state index is 0.117. The van der Waals surface area contributed by atoms with E-state index in [2.05, 4.69) is 5.32 Å². The number of hydrogen-bond donors (Lipinski definition) is 1. The molecule has 0 aromatic heterocycles. The highest BCUT2D eigenvalue weighted by Crippen LogP contribution is 2.33. The normalized spacial score (nSPS) is 29.1. The first-order valence-electron chi connectivity index (χ1n) is 5.98. The van der Waals surface area contributed by atoms with Gasteiger partial charge < -0.3 is 10.1 Å².